The molecule has 0 N–H and O–H groups in total. The van der Waals surface area contributed by atoms with Crippen LogP contribution in [0.25, 0.3) is 0 Å². The quantitative estimate of drug-likeness (QED) is 0.683. The van der Waals surface area contributed by atoms with Gasteiger partial charge in [0.25, 0.3) is 0 Å². The van der Waals surface area contributed by atoms with Gasteiger partial charge < -0.3 is 9.30 Å². The van der Waals surface area contributed by atoms with Crippen LogP contribution < -0.4 is 0 Å². The zero-order valence-corrected chi connectivity index (χ0v) is 14.4. The molecule has 0 bridgehead atoms. The van der Waals surface area contributed by atoms with E-state index < -0.39 is 9.84 Å². The first-order valence-electron chi connectivity index (χ1n) is 7.55. The van der Waals surface area contributed by atoms with Crippen molar-refractivity contribution in [3.8, 4) is 0 Å². The standard InChI is InChI=1S/C15H22N4O3S/c1-4-22-10-14-16-8-9-19(14)13(3)12(2)11-23(20,21)15-17-6-5-7-18-15/h5-9,12-13H,4,10-11H2,1-3H3. The van der Waals surface area contributed by atoms with Crippen LogP contribution in [0.4, 0.5) is 0 Å². The van der Waals surface area contributed by atoms with Crippen LogP contribution in [0.15, 0.2) is 36.0 Å². The molecule has 2 aromatic heterocycles. The second-order valence-electron chi connectivity index (χ2n) is 5.42. The van der Waals surface area contributed by atoms with Gasteiger partial charge in [0.15, 0.2) is 0 Å². The molecule has 0 aliphatic carbocycles. The Morgan fingerprint density at radius 3 is 2.52 bits per heavy atom. The lowest BCUT2D eigenvalue weighted by Gasteiger charge is -2.22. The van der Waals surface area contributed by atoms with Crippen molar-refractivity contribution < 1.29 is 13.2 Å². The molecule has 0 aliphatic rings. The van der Waals surface area contributed by atoms with Gasteiger partial charge >= 0.3 is 0 Å². The van der Waals surface area contributed by atoms with E-state index in [1.807, 2.05) is 31.5 Å². The van der Waals surface area contributed by atoms with Crippen LogP contribution in [0.3, 0.4) is 0 Å². The molecular weight excluding hydrogens is 316 g/mol. The van der Waals surface area contributed by atoms with Gasteiger partial charge in [0.1, 0.15) is 12.4 Å². The largest absolute Gasteiger partial charge is 0.374 e. The normalized spacial score (nSPS) is 14.6. The molecule has 0 fully saturated rings. The smallest absolute Gasteiger partial charge is 0.247 e. The molecule has 0 amide bonds. The van der Waals surface area contributed by atoms with Crippen molar-refractivity contribution in [3.05, 3.63) is 36.7 Å². The minimum Gasteiger partial charge on any atom is -0.374 e. The molecule has 0 saturated heterocycles. The van der Waals surface area contributed by atoms with Crippen molar-refractivity contribution >= 4 is 9.84 Å². The summed E-state index contributed by atoms with van der Waals surface area (Å²) in [7, 11) is -3.51. The Labute approximate surface area is 136 Å². The molecule has 0 aromatic carbocycles. The average molecular weight is 338 g/mol. The second-order valence-corrected chi connectivity index (χ2v) is 7.35. The lowest BCUT2D eigenvalue weighted by Crippen LogP contribution is -2.24. The minimum absolute atomic E-state index is 0.0234. The van der Waals surface area contributed by atoms with E-state index in [0.29, 0.717) is 13.2 Å². The minimum atomic E-state index is -3.51. The topological polar surface area (TPSA) is 87.0 Å². The molecule has 2 rings (SSSR count). The van der Waals surface area contributed by atoms with Gasteiger partial charge in [-0.1, -0.05) is 6.92 Å². The first-order chi connectivity index (χ1) is 11.0. The Balaban J connectivity index is 2.11. The molecule has 2 atom stereocenters. The Bertz CT molecular complexity index is 715. The maximum absolute atomic E-state index is 12.4. The molecule has 23 heavy (non-hydrogen) atoms. The van der Waals surface area contributed by atoms with Gasteiger partial charge in [0.2, 0.25) is 15.0 Å². The van der Waals surface area contributed by atoms with Gasteiger partial charge in [-0.15, -0.1) is 0 Å². The number of hydrogen-bond acceptors (Lipinski definition) is 6. The molecule has 7 nitrogen and oxygen atoms in total. The highest BCUT2D eigenvalue weighted by atomic mass is 32.2. The third-order valence-electron chi connectivity index (χ3n) is 3.75. The molecule has 126 valence electrons. The van der Waals surface area contributed by atoms with Crippen molar-refractivity contribution in [2.75, 3.05) is 12.4 Å². The predicted molar refractivity (Wildman–Crippen MR) is 85.5 cm³/mol. The summed E-state index contributed by atoms with van der Waals surface area (Å²) < 4.78 is 32.2. The number of ether oxygens (including phenoxy) is 1. The number of sulfone groups is 1. The Kier molecular flexibility index (Phi) is 5.84. The first-order valence-corrected chi connectivity index (χ1v) is 9.20. The van der Waals surface area contributed by atoms with E-state index in [1.54, 1.807) is 12.3 Å². The number of aromatic nitrogens is 4. The molecule has 0 spiro atoms. The Morgan fingerprint density at radius 2 is 1.87 bits per heavy atom. The number of imidazole rings is 1. The fraction of sp³-hybridized carbons (Fsp3) is 0.533. The van der Waals surface area contributed by atoms with E-state index in [-0.39, 0.29) is 22.9 Å². The number of rotatable bonds is 8. The number of hydrogen-bond donors (Lipinski definition) is 0. The van der Waals surface area contributed by atoms with Crippen molar-refractivity contribution in [1.29, 1.82) is 0 Å². The highest BCUT2D eigenvalue weighted by Crippen LogP contribution is 2.22. The van der Waals surface area contributed by atoms with Crippen molar-refractivity contribution in [1.82, 2.24) is 19.5 Å². The lowest BCUT2D eigenvalue weighted by atomic mass is 10.1. The summed E-state index contributed by atoms with van der Waals surface area (Å²) in [5.74, 6) is 0.641. The van der Waals surface area contributed by atoms with Crippen LogP contribution in [-0.2, 0) is 21.2 Å². The first kappa shape index (κ1) is 17.6. The van der Waals surface area contributed by atoms with E-state index in [4.69, 9.17) is 4.74 Å². The summed E-state index contributed by atoms with van der Waals surface area (Å²) in [5.41, 5.74) is 0. The second kappa shape index (κ2) is 7.65. The molecule has 0 saturated carbocycles. The van der Waals surface area contributed by atoms with E-state index in [2.05, 4.69) is 15.0 Å². The van der Waals surface area contributed by atoms with Crippen LogP contribution in [0.1, 0.15) is 32.6 Å². The van der Waals surface area contributed by atoms with E-state index in [9.17, 15) is 8.42 Å². The van der Waals surface area contributed by atoms with Crippen LogP contribution in [0, 0.1) is 5.92 Å². The predicted octanol–water partition coefficient (Wildman–Crippen LogP) is 1.88. The zero-order valence-electron chi connectivity index (χ0n) is 13.6. The fourth-order valence-corrected chi connectivity index (χ4v) is 3.86. The van der Waals surface area contributed by atoms with Gasteiger partial charge in [0, 0.05) is 37.4 Å². The van der Waals surface area contributed by atoms with Gasteiger partial charge in [-0.25, -0.2) is 23.4 Å². The maximum Gasteiger partial charge on any atom is 0.247 e. The molecule has 2 unspecified atom stereocenters. The van der Waals surface area contributed by atoms with Gasteiger partial charge in [-0.2, -0.15) is 0 Å². The highest BCUT2D eigenvalue weighted by Gasteiger charge is 2.26. The van der Waals surface area contributed by atoms with Gasteiger partial charge in [-0.05, 0) is 25.8 Å². The monoisotopic (exact) mass is 338 g/mol. The van der Waals surface area contributed by atoms with Crippen LogP contribution >= 0.6 is 0 Å². The van der Waals surface area contributed by atoms with Crippen LogP contribution in [0.2, 0.25) is 0 Å². The van der Waals surface area contributed by atoms with Gasteiger partial charge in [-0.3, -0.25) is 0 Å². The third kappa shape index (κ3) is 4.35. The fourth-order valence-electron chi connectivity index (χ4n) is 2.30. The summed E-state index contributed by atoms with van der Waals surface area (Å²) in [6, 6.07) is 1.56. The SMILES string of the molecule is CCOCc1nccn1C(C)C(C)CS(=O)(=O)c1ncccn1. The third-order valence-corrected chi connectivity index (χ3v) is 5.48. The molecule has 0 radical (unpaired) electrons. The summed E-state index contributed by atoms with van der Waals surface area (Å²) in [6.07, 6.45) is 6.42. The molecule has 8 heteroatoms. The van der Waals surface area contributed by atoms with E-state index >= 15 is 0 Å². The molecule has 0 aliphatic heterocycles. The van der Waals surface area contributed by atoms with Crippen LogP contribution in [-0.4, -0.2) is 40.3 Å². The molecular formula is C15H22N4O3S. The summed E-state index contributed by atoms with van der Waals surface area (Å²) >= 11 is 0. The van der Waals surface area contributed by atoms with Crippen molar-refractivity contribution in [2.24, 2.45) is 5.92 Å². The lowest BCUT2D eigenvalue weighted by molar-refractivity contribution is 0.123. The maximum atomic E-state index is 12.4. The van der Waals surface area contributed by atoms with Crippen molar-refractivity contribution in [3.63, 3.8) is 0 Å². The Morgan fingerprint density at radius 1 is 1.17 bits per heavy atom. The summed E-state index contributed by atoms with van der Waals surface area (Å²) in [6.45, 7) is 6.82. The van der Waals surface area contributed by atoms with Crippen LogP contribution in [0.5, 0.6) is 0 Å². The summed E-state index contributed by atoms with van der Waals surface area (Å²) in [5, 5.41) is -0.126. The van der Waals surface area contributed by atoms with Crippen molar-refractivity contribution in [2.45, 2.75) is 38.6 Å². The zero-order chi connectivity index (χ0) is 16.9. The van der Waals surface area contributed by atoms with E-state index in [1.165, 1.54) is 12.4 Å². The highest BCUT2D eigenvalue weighted by molar-refractivity contribution is 7.91. The summed E-state index contributed by atoms with van der Waals surface area (Å²) in [4.78, 5) is 12.0. The van der Waals surface area contributed by atoms with E-state index in [0.717, 1.165) is 5.82 Å². The Hall–Kier alpha value is -1.80. The number of nitrogens with zero attached hydrogens (tertiary/aromatic N) is 4. The average Bonchev–Trinajstić information content (AvgIpc) is 3.01. The molecule has 2 heterocycles. The van der Waals surface area contributed by atoms with Gasteiger partial charge in [0.05, 0.1) is 5.75 Å². The molecule has 2 aromatic rings.